The summed E-state index contributed by atoms with van der Waals surface area (Å²) < 4.78 is 2.51. The van der Waals surface area contributed by atoms with Crippen molar-refractivity contribution in [1.29, 1.82) is 0 Å². The van der Waals surface area contributed by atoms with Crippen LogP contribution in [0.2, 0.25) is 0 Å². The third-order valence-electron chi connectivity index (χ3n) is 13.0. The fraction of sp³-hybridized carbons (Fsp3) is 0.105. The smallest absolute Gasteiger partial charge is 0.131 e. The molecule has 12 rings (SSSR count). The SMILES string of the molecule is C1=CC2c3ccc(-n4c5cc(-c6ccccc6)ccc5c5cccc(-c6ccccc6)c54)cc3N(c3ccccc3C3N=C(C4=CCCC=C4)NC(c4ccccc4)N3)C2C=C1. The minimum atomic E-state index is -0.292. The van der Waals surface area contributed by atoms with Crippen molar-refractivity contribution in [2.45, 2.75) is 37.1 Å². The van der Waals surface area contributed by atoms with Crippen molar-refractivity contribution in [3.05, 3.63) is 235 Å². The van der Waals surface area contributed by atoms with Crippen LogP contribution in [0.4, 0.5) is 11.4 Å². The van der Waals surface area contributed by atoms with Gasteiger partial charge in [-0.05, 0) is 64.9 Å². The van der Waals surface area contributed by atoms with Crippen LogP contribution in [-0.4, -0.2) is 16.4 Å². The predicted octanol–water partition coefficient (Wildman–Crippen LogP) is 13.4. The van der Waals surface area contributed by atoms with Crippen molar-refractivity contribution < 1.29 is 0 Å². The number of benzene rings is 7. The Hall–Kier alpha value is -7.47. The molecule has 4 aliphatic rings. The van der Waals surface area contributed by atoms with Crippen LogP contribution in [0.15, 0.2) is 223 Å². The maximum atomic E-state index is 5.45. The highest BCUT2D eigenvalue weighted by Gasteiger charge is 2.40. The van der Waals surface area contributed by atoms with Crippen molar-refractivity contribution in [3.63, 3.8) is 0 Å². The minimum Gasteiger partial charge on any atom is -0.350 e. The van der Waals surface area contributed by atoms with E-state index < -0.39 is 0 Å². The lowest BCUT2D eigenvalue weighted by Crippen LogP contribution is -2.45. The number of aliphatic imine (C=N–C) groups is 1. The van der Waals surface area contributed by atoms with Crippen molar-refractivity contribution in [3.8, 4) is 27.9 Å². The highest BCUT2D eigenvalue weighted by atomic mass is 15.3. The summed E-state index contributed by atoms with van der Waals surface area (Å²) in [4.78, 5) is 8.03. The fourth-order valence-electron chi connectivity index (χ4n) is 10.1. The van der Waals surface area contributed by atoms with E-state index in [0.717, 1.165) is 41.2 Å². The maximum Gasteiger partial charge on any atom is 0.131 e. The summed E-state index contributed by atoms with van der Waals surface area (Å²) in [6.45, 7) is 0. The van der Waals surface area contributed by atoms with Gasteiger partial charge >= 0.3 is 0 Å². The summed E-state index contributed by atoms with van der Waals surface area (Å²) in [5, 5.41) is 10.1. The van der Waals surface area contributed by atoms with Gasteiger partial charge in [0.05, 0.1) is 17.1 Å². The standard InChI is InChI=1S/C57H45N5/c1-5-18-38(19-6-1)42-32-34-47-48-29-17-28-44(39-20-7-2-8-21-39)54(48)61(52(47)36-42)43-33-35-46-45-26-13-15-30-50(45)62(53(46)37-43)51-31-16-14-27-49(51)57-59-55(40-22-9-3-10-23-40)58-56(60-57)41-24-11-4-12-25-41/h1-3,5-11,13-37,45,50,55,57,59H,4,12H2,(H,58,60). The third-order valence-corrected chi connectivity index (χ3v) is 13.0. The minimum absolute atomic E-state index is 0.105. The summed E-state index contributed by atoms with van der Waals surface area (Å²) in [5.74, 6) is 1.13. The zero-order valence-corrected chi connectivity index (χ0v) is 34.3. The molecule has 0 saturated carbocycles. The molecule has 0 amide bonds. The normalized spacial score (nSPS) is 20.2. The van der Waals surface area contributed by atoms with Gasteiger partial charge in [-0.3, -0.25) is 5.32 Å². The van der Waals surface area contributed by atoms with Gasteiger partial charge in [0.1, 0.15) is 18.2 Å². The fourth-order valence-corrected chi connectivity index (χ4v) is 10.1. The predicted molar refractivity (Wildman–Crippen MR) is 257 cm³/mol. The number of hydrogen-bond acceptors (Lipinski definition) is 4. The van der Waals surface area contributed by atoms with Crippen molar-refractivity contribution in [2.75, 3.05) is 4.90 Å². The van der Waals surface area contributed by atoms with Crippen LogP contribution in [0, 0.1) is 0 Å². The Morgan fingerprint density at radius 1 is 0.581 bits per heavy atom. The lowest BCUT2D eigenvalue weighted by Gasteiger charge is -2.36. The summed E-state index contributed by atoms with van der Waals surface area (Å²) >= 11 is 0. The first-order valence-corrected chi connectivity index (χ1v) is 21.8. The summed E-state index contributed by atoms with van der Waals surface area (Å²) in [5.41, 5.74) is 15.5. The largest absolute Gasteiger partial charge is 0.350 e. The Kier molecular flexibility index (Phi) is 8.93. The molecule has 4 atom stereocenters. The molecular formula is C57H45N5. The van der Waals surface area contributed by atoms with E-state index in [1.807, 2.05) is 0 Å². The van der Waals surface area contributed by atoms with E-state index >= 15 is 0 Å². The number of amidine groups is 1. The Morgan fingerprint density at radius 2 is 1.35 bits per heavy atom. The summed E-state index contributed by atoms with van der Waals surface area (Å²) in [6, 6.07) is 62.1. The second-order valence-electron chi connectivity index (χ2n) is 16.6. The molecule has 0 spiro atoms. The van der Waals surface area contributed by atoms with Crippen LogP contribution >= 0.6 is 0 Å². The van der Waals surface area contributed by atoms with Gasteiger partial charge in [-0.15, -0.1) is 0 Å². The second kappa shape index (κ2) is 15.2. The Morgan fingerprint density at radius 3 is 2.18 bits per heavy atom. The van der Waals surface area contributed by atoms with E-state index in [-0.39, 0.29) is 24.3 Å². The van der Waals surface area contributed by atoms with Gasteiger partial charge in [-0.1, -0.05) is 188 Å². The molecule has 0 fully saturated rings. The van der Waals surface area contributed by atoms with E-state index in [1.165, 1.54) is 60.9 Å². The molecule has 8 aromatic rings. The molecule has 3 heterocycles. The van der Waals surface area contributed by atoms with Gasteiger partial charge in [0.15, 0.2) is 0 Å². The number of rotatable bonds is 7. The molecule has 5 nitrogen and oxygen atoms in total. The van der Waals surface area contributed by atoms with E-state index in [9.17, 15) is 0 Å². The highest BCUT2D eigenvalue weighted by molar-refractivity contribution is 6.14. The van der Waals surface area contributed by atoms with Gasteiger partial charge in [0.2, 0.25) is 0 Å². The van der Waals surface area contributed by atoms with Gasteiger partial charge < -0.3 is 14.8 Å². The van der Waals surface area contributed by atoms with Crippen molar-refractivity contribution in [2.24, 2.45) is 4.99 Å². The van der Waals surface area contributed by atoms with Crippen molar-refractivity contribution >= 4 is 39.0 Å². The Labute approximate surface area is 362 Å². The van der Waals surface area contributed by atoms with Gasteiger partial charge in [0.25, 0.3) is 0 Å². The van der Waals surface area contributed by atoms with Crippen LogP contribution in [0.1, 0.15) is 47.8 Å². The third kappa shape index (κ3) is 6.16. The van der Waals surface area contributed by atoms with E-state index in [2.05, 4.69) is 232 Å². The summed E-state index contributed by atoms with van der Waals surface area (Å²) in [7, 11) is 0. The zero-order chi connectivity index (χ0) is 41.0. The Balaban J connectivity index is 1.05. The van der Waals surface area contributed by atoms with Crippen LogP contribution in [-0.2, 0) is 0 Å². The molecule has 1 aromatic heterocycles. The Bertz CT molecular complexity index is 3150. The number of aromatic nitrogens is 1. The number of allylic oxidation sites excluding steroid dienone is 4. The second-order valence-corrected chi connectivity index (χ2v) is 16.6. The first-order valence-electron chi connectivity index (χ1n) is 21.8. The lowest BCUT2D eigenvalue weighted by atomic mass is 9.91. The average molecular weight is 800 g/mol. The first kappa shape index (κ1) is 36.4. The average Bonchev–Trinajstić information content (AvgIpc) is 3.87. The number of fused-ring (bicyclic) bond motifs is 6. The molecule has 0 saturated heterocycles. The number of para-hydroxylation sites is 2. The molecular weight excluding hydrogens is 755 g/mol. The molecule has 0 bridgehead atoms. The molecule has 7 aromatic carbocycles. The molecule has 62 heavy (non-hydrogen) atoms. The molecule has 4 unspecified atom stereocenters. The van der Waals surface area contributed by atoms with Crippen LogP contribution in [0.5, 0.6) is 0 Å². The lowest BCUT2D eigenvalue weighted by molar-refractivity contribution is 0.409. The van der Waals surface area contributed by atoms with E-state index in [4.69, 9.17) is 4.99 Å². The molecule has 2 N–H and O–H groups in total. The zero-order valence-electron chi connectivity index (χ0n) is 34.3. The summed E-state index contributed by atoms with van der Waals surface area (Å²) in [6.07, 6.45) is 17.6. The number of nitrogens with zero attached hydrogens (tertiary/aromatic N) is 3. The highest BCUT2D eigenvalue weighted by Crippen LogP contribution is 2.51. The number of anilines is 2. The van der Waals surface area contributed by atoms with Gasteiger partial charge in [-0.25, -0.2) is 4.99 Å². The molecule has 2 aliphatic carbocycles. The van der Waals surface area contributed by atoms with Gasteiger partial charge in [0, 0.05) is 50.5 Å². The van der Waals surface area contributed by atoms with Gasteiger partial charge in [-0.2, -0.15) is 0 Å². The molecule has 2 aliphatic heterocycles. The van der Waals surface area contributed by atoms with Crippen LogP contribution in [0.25, 0.3) is 49.7 Å². The number of nitrogens with one attached hydrogen (secondary N) is 2. The topological polar surface area (TPSA) is 44.6 Å². The van der Waals surface area contributed by atoms with E-state index in [1.54, 1.807) is 0 Å². The van der Waals surface area contributed by atoms with Crippen LogP contribution in [0.3, 0.4) is 0 Å². The monoisotopic (exact) mass is 799 g/mol. The molecule has 5 heteroatoms. The quantitative estimate of drug-likeness (QED) is 0.169. The first-order chi connectivity index (χ1) is 30.8. The van der Waals surface area contributed by atoms with E-state index in [0.29, 0.717) is 0 Å². The number of hydrogen-bond donors (Lipinski definition) is 2. The maximum absolute atomic E-state index is 5.45. The van der Waals surface area contributed by atoms with Crippen molar-refractivity contribution in [1.82, 2.24) is 15.2 Å². The molecule has 298 valence electrons. The van der Waals surface area contributed by atoms with Crippen LogP contribution < -0.4 is 15.5 Å². The molecule has 0 radical (unpaired) electrons.